The fraction of sp³-hybridized carbons (Fsp3) is 0.907. The minimum absolute atomic E-state index is 0.0628. The van der Waals surface area contributed by atoms with Gasteiger partial charge in [0.05, 0.1) is 0 Å². The van der Waals surface area contributed by atoms with Crippen molar-refractivity contribution in [3.8, 4) is 0 Å². The minimum atomic E-state index is -0.767. The Morgan fingerprint density at radius 2 is 0.444 bits per heavy atom. The van der Waals surface area contributed by atoms with Gasteiger partial charge >= 0.3 is 17.9 Å². The van der Waals surface area contributed by atoms with Crippen molar-refractivity contribution in [2.75, 3.05) is 13.2 Å². The Labute approximate surface area is 506 Å². The molecule has 478 valence electrons. The van der Waals surface area contributed by atoms with Gasteiger partial charge in [-0.3, -0.25) is 14.4 Å². The molecule has 0 amide bonds. The predicted molar refractivity (Wildman–Crippen MR) is 353 cm³/mol. The number of hydrogen-bond acceptors (Lipinski definition) is 6. The van der Waals surface area contributed by atoms with Crippen molar-refractivity contribution in [2.24, 2.45) is 0 Å². The second-order valence-electron chi connectivity index (χ2n) is 25.2. The van der Waals surface area contributed by atoms with E-state index < -0.39 is 6.10 Å². The second-order valence-corrected chi connectivity index (χ2v) is 25.2. The van der Waals surface area contributed by atoms with Crippen molar-refractivity contribution >= 4 is 17.9 Å². The summed E-state index contributed by atoms with van der Waals surface area (Å²) in [6.45, 7) is 6.72. The van der Waals surface area contributed by atoms with Crippen molar-refractivity contribution in [3.05, 3.63) is 24.3 Å². The van der Waals surface area contributed by atoms with Gasteiger partial charge in [-0.15, -0.1) is 0 Å². The summed E-state index contributed by atoms with van der Waals surface area (Å²) in [4.78, 5) is 38.5. The molecule has 0 rings (SSSR count). The predicted octanol–water partition coefficient (Wildman–Crippen LogP) is 25.3. The Bertz CT molecular complexity index is 1310. The van der Waals surface area contributed by atoms with E-state index in [0.717, 1.165) is 64.2 Å². The van der Waals surface area contributed by atoms with E-state index in [0.29, 0.717) is 19.3 Å². The van der Waals surface area contributed by atoms with Crippen molar-refractivity contribution in [3.63, 3.8) is 0 Å². The third-order valence-electron chi connectivity index (χ3n) is 17.0. The smallest absolute Gasteiger partial charge is 0.306 e. The Kier molecular flexibility index (Phi) is 68.5. The van der Waals surface area contributed by atoms with Gasteiger partial charge in [0.25, 0.3) is 0 Å². The molecular formula is C75H142O6. The first-order chi connectivity index (χ1) is 40.0. The topological polar surface area (TPSA) is 78.9 Å². The molecule has 0 aromatic heterocycles. The highest BCUT2D eigenvalue weighted by molar-refractivity contribution is 5.71. The number of esters is 3. The zero-order valence-corrected chi connectivity index (χ0v) is 55.1. The summed E-state index contributed by atoms with van der Waals surface area (Å²) in [7, 11) is 0. The van der Waals surface area contributed by atoms with Crippen molar-refractivity contribution in [1.82, 2.24) is 0 Å². The van der Waals surface area contributed by atoms with E-state index >= 15 is 0 Å². The SMILES string of the molecule is CCCCCCC/C=C\C/C=C\CCCCCCCCCCCCCCCCCCCC(=O)OCC(COC(=O)CCCCCCCCCCCCCCCCCCC)OC(=O)CCCCCCCCCCCCCCCCCCC. The molecule has 0 saturated carbocycles. The summed E-state index contributed by atoms with van der Waals surface area (Å²) in [5.41, 5.74) is 0. The molecule has 6 heteroatoms. The lowest BCUT2D eigenvalue weighted by molar-refractivity contribution is -0.167. The van der Waals surface area contributed by atoms with Crippen LogP contribution >= 0.6 is 0 Å². The third kappa shape index (κ3) is 68.6. The van der Waals surface area contributed by atoms with Crippen LogP contribution in [0.4, 0.5) is 0 Å². The van der Waals surface area contributed by atoms with E-state index in [2.05, 4.69) is 45.1 Å². The molecule has 0 aromatic carbocycles. The van der Waals surface area contributed by atoms with Gasteiger partial charge in [-0.1, -0.05) is 373 Å². The summed E-state index contributed by atoms with van der Waals surface area (Å²) >= 11 is 0. The number of hydrogen-bond donors (Lipinski definition) is 0. The summed E-state index contributed by atoms with van der Waals surface area (Å²) in [5, 5.41) is 0. The van der Waals surface area contributed by atoms with Crippen LogP contribution in [0.25, 0.3) is 0 Å². The van der Waals surface area contributed by atoms with Crippen LogP contribution in [0.1, 0.15) is 419 Å². The van der Waals surface area contributed by atoms with Crippen molar-refractivity contribution in [2.45, 2.75) is 425 Å². The number of rotatable bonds is 69. The lowest BCUT2D eigenvalue weighted by atomic mass is 10.0. The molecule has 0 saturated heterocycles. The molecule has 0 aliphatic rings. The molecular weight excluding hydrogens is 997 g/mol. The fourth-order valence-electron chi connectivity index (χ4n) is 11.4. The van der Waals surface area contributed by atoms with Crippen LogP contribution in [0.15, 0.2) is 24.3 Å². The molecule has 0 heterocycles. The maximum atomic E-state index is 13.0. The lowest BCUT2D eigenvalue weighted by Crippen LogP contribution is -2.30. The summed E-state index contributed by atoms with van der Waals surface area (Å²) in [6.07, 6.45) is 86.4. The summed E-state index contributed by atoms with van der Waals surface area (Å²) in [6, 6.07) is 0. The van der Waals surface area contributed by atoms with Gasteiger partial charge in [0.1, 0.15) is 13.2 Å². The van der Waals surface area contributed by atoms with E-state index in [9.17, 15) is 14.4 Å². The van der Waals surface area contributed by atoms with Gasteiger partial charge < -0.3 is 14.2 Å². The van der Waals surface area contributed by atoms with Gasteiger partial charge in [0, 0.05) is 19.3 Å². The monoisotopic (exact) mass is 1140 g/mol. The highest BCUT2D eigenvalue weighted by atomic mass is 16.6. The fourth-order valence-corrected chi connectivity index (χ4v) is 11.4. The van der Waals surface area contributed by atoms with Gasteiger partial charge in [0.2, 0.25) is 0 Å². The average molecular weight is 1140 g/mol. The first-order valence-electron chi connectivity index (χ1n) is 36.8. The Hall–Kier alpha value is -2.11. The van der Waals surface area contributed by atoms with E-state index in [1.54, 1.807) is 0 Å². The average Bonchev–Trinajstić information content (AvgIpc) is 3.47. The molecule has 0 aliphatic carbocycles. The first kappa shape index (κ1) is 78.9. The molecule has 6 nitrogen and oxygen atoms in total. The maximum absolute atomic E-state index is 13.0. The van der Waals surface area contributed by atoms with Gasteiger partial charge in [-0.25, -0.2) is 0 Å². The highest BCUT2D eigenvalue weighted by Crippen LogP contribution is 2.19. The molecule has 0 bridgehead atoms. The van der Waals surface area contributed by atoms with Crippen LogP contribution < -0.4 is 0 Å². The molecule has 1 atom stereocenters. The largest absolute Gasteiger partial charge is 0.462 e. The molecule has 1 unspecified atom stereocenters. The van der Waals surface area contributed by atoms with E-state index in [4.69, 9.17) is 14.2 Å². The Balaban J connectivity index is 4.20. The van der Waals surface area contributed by atoms with Gasteiger partial charge in [-0.05, 0) is 51.4 Å². The standard InChI is InChI=1S/C75H142O6/c1-4-7-10-13-16-19-22-25-28-31-32-33-34-35-36-37-38-39-40-41-42-45-47-50-53-56-59-62-65-68-74(77)80-71-72(81-75(78)69-66-63-60-57-54-51-48-44-30-27-24-21-18-15-12-9-6-3)70-79-73(76)67-64-61-58-55-52-49-46-43-29-26-23-20-17-14-11-8-5-2/h22,25,31-32,72H,4-21,23-24,26-30,33-71H2,1-3H3/b25-22-,32-31-. The van der Waals surface area contributed by atoms with Crippen LogP contribution in [-0.2, 0) is 28.6 Å². The number of carbonyl (C=O) groups excluding carboxylic acids is 3. The number of unbranched alkanes of at least 4 members (excludes halogenated alkanes) is 54. The summed E-state index contributed by atoms with van der Waals surface area (Å²) in [5.74, 6) is -0.825. The van der Waals surface area contributed by atoms with Crippen molar-refractivity contribution < 1.29 is 28.6 Å². The number of allylic oxidation sites excluding steroid dienone is 4. The maximum Gasteiger partial charge on any atom is 0.306 e. The van der Waals surface area contributed by atoms with Crippen molar-refractivity contribution in [1.29, 1.82) is 0 Å². The zero-order valence-electron chi connectivity index (χ0n) is 55.1. The lowest BCUT2D eigenvalue weighted by Gasteiger charge is -2.18. The Morgan fingerprint density at radius 3 is 0.679 bits per heavy atom. The molecule has 0 radical (unpaired) electrons. The minimum Gasteiger partial charge on any atom is -0.462 e. The zero-order chi connectivity index (χ0) is 58.5. The molecule has 0 N–H and O–H groups in total. The number of carbonyl (C=O) groups is 3. The van der Waals surface area contributed by atoms with E-state index in [1.165, 1.54) is 315 Å². The molecule has 81 heavy (non-hydrogen) atoms. The molecule has 0 spiro atoms. The second kappa shape index (κ2) is 70.4. The Morgan fingerprint density at radius 1 is 0.247 bits per heavy atom. The molecule has 0 fully saturated rings. The quantitative estimate of drug-likeness (QED) is 0.0261. The summed E-state index contributed by atoms with van der Waals surface area (Å²) < 4.78 is 17.0. The molecule has 0 aromatic rings. The third-order valence-corrected chi connectivity index (χ3v) is 17.0. The van der Waals surface area contributed by atoms with Crippen LogP contribution in [0.3, 0.4) is 0 Å². The number of ether oxygens (including phenoxy) is 3. The van der Waals surface area contributed by atoms with Gasteiger partial charge in [-0.2, -0.15) is 0 Å². The normalized spacial score (nSPS) is 12.1. The molecule has 0 aliphatic heterocycles. The van der Waals surface area contributed by atoms with Crippen LogP contribution in [0.2, 0.25) is 0 Å². The first-order valence-corrected chi connectivity index (χ1v) is 36.8. The van der Waals surface area contributed by atoms with Crippen LogP contribution in [0, 0.1) is 0 Å². The van der Waals surface area contributed by atoms with E-state index in [-0.39, 0.29) is 31.1 Å². The van der Waals surface area contributed by atoms with Gasteiger partial charge in [0.15, 0.2) is 6.10 Å². The van der Waals surface area contributed by atoms with E-state index in [1.807, 2.05) is 0 Å². The van der Waals surface area contributed by atoms with Crippen LogP contribution in [0.5, 0.6) is 0 Å². The van der Waals surface area contributed by atoms with Crippen LogP contribution in [-0.4, -0.2) is 37.2 Å². The highest BCUT2D eigenvalue weighted by Gasteiger charge is 2.20.